The molecule has 0 aromatic carbocycles. The van der Waals surface area contributed by atoms with E-state index in [0.29, 0.717) is 72.4 Å². The van der Waals surface area contributed by atoms with Crippen molar-refractivity contribution in [3.05, 3.63) is 0 Å². The Bertz CT molecular complexity index is 662. The molecule has 5 atom stereocenters. The molecule has 0 aliphatic carbocycles. The number of hydrogen-bond donors (Lipinski definition) is 5. The SMILES string of the molecule is NCCSCCCOC[C@H]1O[C@H](OCCCSCCN)[C@H](OCCCSCCN)[C@@H](OCCCSCCN)[C@@H]1OCCCSCCN. The minimum Gasteiger partial charge on any atom is -0.379 e. The first-order valence-electron chi connectivity index (χ1n) is 17.3. The molecule has 16 heteroatoms. The maximum Gasteiger partial charge on any atom is 0.186 e. The average Bonchev–Trinajstić information content (AvgIpc) is 3.08. The maximum absolute atomic E-state index is 6.68. The van der Waals surface area contributed by atoms with Crippen molar-refractivity contribution in [2.24, 2.45) is 28.7 Å². The summed E-state index contributed by atoms with van der Waals surface area (Å²) in [5.74, 6) is 9.72. The Hall–Kier alpha value is 1.31. The zero-order valence-electron chi connectivity index (χ0n) is 28.6. The number of hydrogen-bond acceptors (Lipinski definition) is 16. The molecular weight excluding hydrogens is 699 g/mol. The molecule has 0 aromatic rings. The third-order valence-electron chi connectivity index (χ3n) is 6.71. The molecular formula is C31H67N5O6S5. The van der Waals surface area contributed by atoms with Gasteiger partial charge in [0.1, 0.15) is 24.4 Å². The van der Waals surface area contributed by atoms with Gasteiger partial charge in [-0.15, -0.1) is 0 Å². The van der Waals surface area contributed by atoms with Gasteiger partial charge in [-0.05, 0) is 60.9 Å². The standard InChI is InChI=1S/C31H67N5O6S5/c32-6-21-43-16-1-11-37-26-27-28(38-12-2-17-44-22-7-33)29(39-13-3-18-45-23-8-34)30(40-14-4-19-46-24-9-35)31(42-27)41-15-5-20-47-25-10-36/h27-31H,1-26,32-36H2/t27-,28-,29+,30-,31+/m1/s1. The highest BCUT2D eigenvalue weighted by Crippen LogP contribution is 2.30. The summed E-state index contributed by atoms with van der Waals surface area (Å²) >= 11 is 9.24. The summed E-state index contributed by atoms with van der Waals surface area (Å²) in [7, 11) is 0. The summed E-state index contributed by atoms with van der Waals surface area (Å²) < 4.78 is 39.2. The van der Waals surface area contributed by atoms with Crippen LogP contribution in [0.25, 0.3) is 0 Å². The van der Waals surface area contributed by atoms with Gasteiger partial charge in [-0.2, -0.15) is 58.8 Å². The highest BCUT2D eigenvalue weighted by Gasteiger charge is 2.48. The van der Waals surface area contributed by atoms with Gasteiger partial charge in [0.2, 0.25) is 0 Å². The van der Waals surface area contributed by atoms with Gasteiger partial charge >= 0.3 is 0 Å². The number of ether oxygens (including phenoxy) is 6. The zero-order valence-corrected chi connectivity index (χ0v) is 32.7. The van der Waals surface area contributed by atoms with Gasteiger partial charge in [0.15, 0.2) is 6.29 Å². The molecule has 0 amide bonds. The van der Waals surface area contributed by atoms with E-state index < -0.39 is 12.4 Å². The molecule has 1 aliphatic rings. The van der Waals surface area contributed by atoms with Gasteiger partial charge in [0.05, 0.1) is 13.2 Å². The largest absolute Gasteiger partial charge is 0.379 e. The van der Waals surface area contributed by atoms with Crippen LogP contribution in [0.2, 0.25) is 0 Å². The van der Waals surface area contributed by atoms with E-state index in [1.165, 1.54) is 0 Å². The number of thioether (sulfide) groups is 5. The Kier molecular flexibility index (Phi) is 35.2. The van der Waals surface area contributed by atoms with Crippen LogP contribution in [-0.2, 0) is 28.4 Å². The van der Waals surface area contributed by atoms with E-state index in [9.17, 15) is 0 Å². The summed E-state index contributed by atoms with van der Waals surface area (Å²) in [5.41, 5.74) is 28.4. The van der Waals surface area contributed by atoms with Gasteiger partial charge in [-0.3, -0.25) is 0 Å². The summed E-state index contributed by atoms with van der Waals surface area (Å²) in [4.78, 5) is 0. The van der Waals surface area contributed by atoms with E-state index in [0.717, 1.165) is 89.6 Å². The van der Waals surface area contributed by atoms with Crippen molar-refractivity contribution in [2.45, 2.75) is 62.8 Å². The predicted octanol–water partition coefficient (Wildman–Crippen LogP) is 2.31. The number of nitrogens with two attached hydrogens (primary N) is 5. The third kappa shape index (κ3) is 25.0. The molecule has 0 aromatic heterocycles. The zero-order chi connectivity index (χ0) is 34.0. The lowest BCUT2D eigenvalue weighted by Crippen LogP contribution is -2.62. The molecule has 0 saturated carbocycles. The summed E-state index contributed by atoms with van der Waals surface area (Å²) in [6.07, 6.45) is 2.52. The van der Waals surface area contributed by atoms with E-state index in [-0.39, 0.29) is 18.3 Å². The molecule has 1 saturated heterocycles. The second kappa shape index (κ2) is 35.7. The molecule has 0 radical (unpaired) electrons. The first-order valence-corrected chi connectivity index (χ1v) is 23.1. The molecule has 0 unspecified atom stereocenters. The molecule has 1 heterocycles. The molecule has 10 N–H and O–H groups in total. The second-order valence-electron chi connectivity index (χ2n) is 10.8. The van der Waals surface area contributed by atoms with Gasteiger partial charge < -0.3 is 57.1 Å². The van der Waals surface area contributed by atoms with Gasteiger partial charge in [-0.1, -0.05) is 0 Å². The van der Waals surface area contributed by atoms with Crippen LogP contribution < -0.4 is 28.7 Å². The van der Waals surface area contributed by atoms with Crippen LogP contribution in [0, 0.1) is 0 Å². The van der Waals surface area contributed by atoms with Gasteiger partial charge in [0, 0.05) is 87.9 Å². The Balaban J connectivity index is 3.07. The van der Waals surface area contributed by atoms with Crippen LogP contribution in [0.5, 0.6) is 0 Å². The van der Waals surface area contributed by atoms with E-state index in [1.807, 2.05) is 58.8 Å². The van der Waals surface area contributed by atoms with Crippen LogP contribution in [0.15, 0.2) is 0 Å². The van der Waals surface area contributed by atoms with Crippen molar-refractivity contribution in [1.82, 2.24) is 0 Å². The second-order valence-corrected chi connectivity index (χ2v) is 16.9. The van der Waals surface area contributed by atoms with E-state index >= 15 is 0 Å². The highest BCUT2D eigenvalue weighted by atomic mass is 32.2. The van der Waals surface area contributed by atoms with Crippen molar-refractivity contribution in [3.8, 4) is 0 Å². The normalized spacial score (nSPS) is 21.5. The third-order valence-corrected chi connectivity index (χ3v) is 12.2. The summed E-state index contributed by atoms with van der Waals surface area (Å²) in [5, 5.41) is 0. The highest BCUT2D eigenvalue weighted by molar-refractivity contribution is 8.00. The fourth-order valence-electron chi connectivity index (χ4n) is 4.61. The monoisotopic (exact) mass is 765 g/mol. The topological polar surface area (TPSA) is 185 Å². The predicted molar refractivity (Wildman–Crippen MR) is 210 cm³/mol. The minimum absolute atomic E-state index is 0.350. The van der Waals surface area contributed by atoms with Gasteiger partial charge in [0.25, 0.3) is 0 Å². The quantitative estimate of drug-likeness (QED) is 0.0585. The summed E-state index contributed by atoms with van der Waals surface area (Å²) in [6.45, 7) is 6.79. The molecule has 0 bridgehead atoms. The Morgan fingerprint density at radius 3 is 1.19 bits per heavy atom. The van der Waals surface area contributed by atoms with Crippen LogP contribution in [0.1, 0.15) is 32.1 Å². The molecule has 1 fully saturated rings. The van der Waals surface area contributed by atoms with E-state index in [1.54, 1.807) is 0 Å². The molecule has 11 nitrogen and oxygen atoms in total. The molecule has 47 heavy (non-hydrogen) atoms. The van der Waals surface area contributed by atoms with Crippen molar-refractivity contribution in [3.63, 3.8) is 0 Å². The lowest BCUT2D eigenvalue weighted by atomic mass is 9.98. The fourth-order valence-corrected chi connectivity index (χ4v) is 8.07. The molecule has 1 rings (SSSR count). The maximum atomic E-state index is 6.68. The van der Waals surface area contributed by atoms with Crippen molar-refractivity contribution in [2.75, 3.05) is 130 Å². The lowest BCUT2D eigenvalue weighted by molar-refractivity contribution is -0.323. The van der Waals surface area contributed by atoms with E-state index in [2.05, 4.69) is 0 Å². The Morgan fingerprint density at radius 2 is 0.766 bits per heavy atom. The minimum atomic E-state index is -0.587. The van der Waals surface area contributed by atoms with E-state index in [4.69, 9.17) is 57.1 Å². The molecule has 0 spiro atoms. The molecule has 282 valence electrons. The van der Waals surface area contributed by atoms with Crippen molar-refractivity contribution < 1.29 is 28.4 Å². The summed E-state index contributed by atoms with van der Waals surface area (Å²) in [6, 6.07) is 0. The first-order chi connectivity index (χ1) is 23.2. The fraction of sp³-hybridized carbons (Fsp3) is 1.00. The van der Waals surface area contributed by atoms with Crippen LogP contribution >= 0.6 is 58.8 Å². The van der Waals surface area contributed by atoms with Crippen molar-refractivity contribution in [1.29, 1.82) is 0 Å². The van der Waals surface area contributed by atoms with Gasteiger partial charge in [-0.25, -0.2) is 0 Å². The Morgan fingerprint density at radius 1 is 0.404 bits per heavy atom. The van der Waals surface area contributed by atoms with Crippen LogP contribution in [0.4, 0.5) is 0 Å². The first kappa shape index (κ1) is 46.3. The lowest BCUT2D eigenvalue weighted by Gasteiger charge is -2.46. The van der Waals surface area contributed by atoms with Crippen molar-refractivity contribution >= 4 is 58.8 Å². The van der Waals surface area contributed by atoms with Crippen LogP contribution in [0.3, 0.4) is 0 Å². The van der Waals surface area contributed by atoms with Crippen LogP contribution in [-0.4, -0.2) is 161 Å². The smallest absolute Gasteiger partial charge is 0.186 e. The number of rotatable bonds is 36. The Labute approximate surface area is 307 Å². The average molecular weight is 766 g/mol. The molecule has 1 aliphatic heterocycles.